The van der Waals surface area contributed by atoms with Crippen LogP contribution >= 0.6 is 0 Å². The SMILES string of the molecule is C=C(CC)Nc1cncc(-c2cnc3n[nH]c(-c4cc5c(C(/C=C\C)=C/C)nccc5[nH]4)c3c2)c1. The van der Waals surface area contributed by atoms with Crippen LogP contribution in [-0.4, -0.2) is 30.1 Å². The second kappa shape index (κ2) is 9.38. The Morgan fingerprint density at radius 1 is 1.06 bits per heavy atom. The summed E-state index contributed by atoms with van der Waals surface area (Å²) < 4.78 is 0. The van der Waals surface area contributed by atoms with Gasteiger partial charge in [-0.15, -0.1) is 0 Å². The smallest absolute Gasteiger partial charge is 0.181 e. The zero-order valence-electron chi connectivity index (χ0n) is 20.1. The lowest BCUT2D eigenvalue weighted by atomic mass is 10.1. The number of H-pyrrole nitrogens is 2. The van der Waals surface area contributed by atoms with Crippen LogP contribution in [0.25, 0.3) is 50.0 Å². The first-order valence-electron chi connectivity index (χ1n) is 11.6. The first kappa shape index (κ1) is 22.3. The molecule has 5 aromatic rings. The van der Waals surface area contributed by atoms with Crippen LogP contribution in [-0.2, 0) is 0 Å². The predicted octanol–water partition coefficient (Wildman–Crippen LogP) is 6.88. The van der Waals surface area contributed by atoms with Gasteiger partial charge < -0.3 is 10.3 Å². The third-order valence-corrected chi connectivity index (χ3v) is 5.98. The van der Waals surface area contributed by atoms with E-state index in [1.54, 1.807) is 6.20 Å². The van der Waals surface area contributed by atoms with Gasteiger partial charge in [0.15, 0.2) is 5.65 Å². The van der Waals surface area contributed by atoms with Gasteiger partial charge in [-0.25, -0.2) is 4.98 Å². The second-order valence-electron chi connectivity index (χ2n) is 8.29. The monoisotopic (exact) mass is 461 g/mol. The molecule has 0 unspecified atom stereocenters. The largest absolute Gasteiger partial charge is 0.358 e. The highest BCUT2D eigenvalue weighted by Crippen LogP contribution is 2.33. The minimum absolute atomic E-state index is 0.658. The van der Waals surface area contributed by atoms with Gasteiger partial charge >= 0.3 is 0 Å². The standard InChI is InChI=1S/C28H27N7/c1-5-8-18(7-3)26-22-13-25(33-24(22)9-10-30-26)27-23-12-20(15-31-28(23)35-34-27)19-11-21(16-29-14-19)32-17(4)6-2/h5,7-16,32-33H,4,6H2,1-3H3,(H,31,34,35)/b8-5-,18-7+. The van der Waals surface area contributed by atoms with E-state index in [0.717, 1.165) is 67.9 Å². The highest BCUT2D eigenvalue weighted by Gasteiger charge is 2.15. The quantitative estimate of drug-likeness (QED) is 0.230. The van der Waals surface area contributed by atoms with Crippen molar-refractivity contribution in [1.82, 2.24) is 30.1 Å². The molecule has 5 aromatic heterocycles. The van der Waals surface area contributed by atoms with E-state index in [2.05, 4.69) is 79.3 Å². The number of anilines is 1. The summed E-state index contributed by atoms with van der Waals surface area (Å²) in [5, 5.41) is 12.9. The molecule has 0 aliphatic heterocycles. The first-order chi connectivity index (χ1) is 17.1. The average Bonchev–Trinajstić information content (AvgIpc) is 3.51. The molecule has 3 N–H and O–H groups in total. The summed E-state index contributed by atoms with van der Waals surface area (Å²) in [7, 11) is 0. The van der Waals surface area contributed by atoms with Crippen LogP contribution in [0.5, 0.6) is 0 Å². The van der Waals surface area contributed by atoms with Crippen LogP contribution in [0.3, 0.4) is 0 Å². The summed E-state index contributed by atoms with van der Waals surface area (Å²) in [5.41, 5.74) is 9.27. The zero-order chi connectivity index (χ0) is 24.4. The fraction of sp³-hybridized carbons (Fsp3) is 0.143. The number of nitrogens with one attached hydrogen (secondary N) is 3. The Bertz CT molecular complexity index is 1600. The number of rotatable bonds is 7. The van der Waals surface area contributed by atoms with E-state index in [4.69, 9.17) is 0 Å². The highest BCUT2D eigenvalue weighted by molar-refractivity contribution is 5.99. The maximum Gasteiger partial charge on any atom is 0.181 e. The molecule has 7 nitrogen and oxygen atoms in total. The number of pyridine rings is 3. The summed E-state index contributed by atoms with van der Waals surface area (Å²) in [4.78, 5) is 17.2. The van der Waals surface area contributed by atoms with E-state index >= 15 is 0 Å². The van der Waals surface area contributed by atoms with E-state index in [0.29, 0.717) is 5.65 Å². The van der Waals surface area contributed by atoms with Gasteiger partial charge in [-0.2, -0.15) is 5.10 Å². The van der Waals surface area contributed by atoms with Crippen molar-refractivity contribution in [2.24, 2.45) is 0 Å². The van der Waals surface area contributed by atoms with Gasteiger partial charge in [0.2, 0.25) is 0 Å². The molecule has 0 saturated carbocycles. The Labute approximate surface area is 203 Å². The molecule has 0 spiro atoms. The molecule has 0 aliphatic carbocycles. The number of aromatic nitrogens is 6. The molecule has 0 atom stereocenters. The summed E-state index contributed by atoms with van der Waals surface area (Å²) >= 11 is 0. The summed E-state index contributed by atoms with van der Waals surface area (Å²) in [5.74, 6) is 0. The molecule has 0 aliphatic rings. The molecule has 5 heterocycles. The molecule has 35 heavy (non-hydrogen) atoms. The number of aromatic amines is 2. The Kier molecular flexibility index (Phi) is 5.97. The Morgan fingerprint density at radius 2 is 1.91 bits per heavy atom. The first-order valence-corrected chi connectivity index (χ1v) is 11.6. The maximum absolute atomic E-state index is 4.65. The molecular weight excluding hydrogens is 434 g/mol. The van der Waals surface area contributed by atoms with Crippen molar-refractivity contribution < 1.29 is 0 Å². The average molecular weight is 462 g/mol. The molecule has 0 amide bonds. The van der Waals surface area contributed by atoms with E-state index in [1.807, 2.05) is 44.6 Å². The minimum atomic E-state index is 0.658. The molecule has 0 bridgehead atoms. The molecule has 174 valence electrons. The van der Waals surface area contributed by atoms with Crippen LogP contribution in [0.2, 0.25) is 0 Å². The summed E-state index contributed by atoms with van der Waals surface area (Å²) in [6.07, 6.45) is 14.3. The molecule has 7 heteroatoms. The van der Waals surface area contributed by atoms with Crippen LogP contribution in [0, 0.1) is 0 Å². The fourth-order valence-electron chi connectivity index (χ4n) is 4.13. The van der Waals surface area contributed by atoms with E-state index in [9.17, 15) is 0 Å². The van der Waals surface area contributed by atoms with Crippen LogP contribution in [0.15, 0.2) is 79.6 Å². The van der Waals surface area contributed by atoms with Gasteiger partial charge in [0.1, 0.15) is 0 Å². The molecule has 0 radical (unpaired) electrons. The summed E-state index contributed by atoms with van der Waals surface area (Å²) in [6, 6.07) is 8.25. The zero-order valence-corrected chi connectivity index (χ0v) is 20.1. The van der Waals surface area contributed by atoms with Crippen molar-refractivity contribution in [1.29, 1.82) is 0 Å². The van der Waals surface area contributed by atoms with E-state index in [1.165, 1.54) is 0 Å². The topological polar surface area (TPSA) is 95.2 Å². The van der Waals surface area contributed by atoms with Gasteiger partial charge in [-0.1, -0.05) is 31.7 Å². The molecular formula is C28H27N7. The Hall–Kier alpha value is -4.52. The Balaban J connectivity index is 1.59. The lowest BCUT2D eigenvalue weighted by molar-refractivity contribution is 1.10. The fourth-order valence-corrected chi connectivity index (χ4v) is 4.13. The number of hydrogen-bond donors (Lipinski definition) is 3. The minimum Gasteiger partial charge on any atom is -0.358 e. The lowest BCUT2D eigenvalue weighted by Gasteiger charge is -2.09. The Morgan fingerprint density at radius 3 is 2.71 bits per heavy atom. The lowest BCUT2D eigenvalue weighted by Crippen LogP contribution is -1.97. The van der Waals surface area contributed by atoms with Gasteiger partial charge in [0.25, 0.3) is 0 Å². The van der Waals surface area contributed by atoms with E-state index < -0.39 is 0 Å². The van der Waals surface area contributed by atoms with Crippen LogP contribution < -0.4 is 5.32 Å². The molecule has 0 saturated heterocycles. The van der Waals surface area contributed by atoms with Crippen molar-refractivity contribution in [2.75, 3.05) is 5.32 Å². The molecule has 5 rings (SSSR count). The van der Waals surface area contributed by atoms with Gasteiger partial charge in [0, 0.05) is 51.7 Å². The third kappa shape index (κ3) is 4.24. The maximum atomic E-state index is 4.65. The second-order valence-corrected chi connectivity index (χ2v) is 8.29. The van der Waals surface area contributed by atoms with Crippen molar-refractivity contribution in [3.63, 3.8) is 0 Å². The van der Waals surface area contributed by atoms with Crippen molar-refractivity contribution in [3.8, 4) is 22.5 Å². The number of allylic oxidation sites excluding steroid dienone is 5. The van der Waals surface area contributed by atoms with Gasteiger partial charge in [-0.3, -0.25) is 15.1 Å². The highest BCUT2D eigenvalue weighted by atomic mass is 15.2. The van der Waals surface area contributed by atoms with Crippen molar-refractivity contribution in [2.45, 2.75) is 27.2 Å². The molecule has 0 fully saturated rings. The van der Waals surface area contributed by atoms with E-state index in [-0.39, 0.29) is 0 Å². The summed E-state index contributed by atoms with van der Waals surface area (Å²) in [6.45, 7) is 10.1. The van der Waals surface area contributed by atoms with Gasteiger partial charge in [-0.05, 0) is 50.1 Å². The number of fused-ring (bicyclic) bond motifs is 2. The van der Waals surface area contributed by atoms with Gasteiger partial charge in [0.05, 0.1) is 29.0 Å². The third-order valence-electron chi connectivity index (χ3n) is 5.98. The normalized spacial score (nSPS) is 12.1. The predicted molar refractivity (Wildman–Crippen MR) is 144 cm³/mol. The van der Waals surface area contributed by atoms with Crippen molar-refractivity contribution >= 4 is 33.2 Å². The van der Waals surface area contributed by atoms with Crippen LogP contribution in [0.1, 0.15) is 32.9 Å². The van der Waals surface area contributed by atoms with Crippen LogP contribution in [0.4, 0.5) is 5.69 Å². The number of nitrogens with zero attached hydrogens (tertiary/aromatic N) is 4. The molecule has 0 aromatic carbocycles. The number of hydrogen-bond acceptors (Lipinski definition) is 5. The van der Waals surface area contributed by atoms with Crippen molar-refractivity contribution in [3.05, 3.63) is 85.3 Å².